The molecule has 9 heavy (non-hydrogen) atoms. The van der Waals surface area contributed by atoms with E-state index in [9.17, 15) is 4.79 Å². The van der Waals surface area contributed by atoms with Crippen LogP contribution in [0.4, 0.5) is 0 Å². The maximum absolute atomic E-state index is 10.4. The van der Waals surface area contributed by atoms with Crippen LogP contribution < -0.4 is 0 Å². The number of rotatable bonds is 1. The number of carbonyl (C=O) groups excluding carboxylic acids is 1. The Labute approximate surface area is 59.0 Å². The predicted octanol–water partition coefficient (Wildman–Crippen LogP) is 2.03. The molecule has 48 valence electrons. The summed E-state index contributed by atoms with van der Waals surface area (Å²) in [7, 11) is 0. The first kappa shape index (κ1) is 6.56. The lowest BCUT2D eigenvalue weighted by atomic mass is 10.1. The van der Waals surface area contributed by atoms with E-state index in [1.807, 2.05) is 12.2 Å². The van der Waals surface area contributed by atoms with Crippen molar-refractivity contribution >= 4 is 16.8 Å². The monoisotopic (exact) mass is 142 g/mol. The molecule has 0 aromatic heterocycles. The van der Waals surface area contributed by atoms with Gasteiger partial charge in [-0.1, -0.05) is 18.2 Å². The molecule has 1 rings (SSSR count). The molecule has 1 aliphatic rings. The average molecular weight is 143 g/mol. The van der Waals surface area contributed by atoms with E-state index in [0.29, 0.717) is 5.57 Å². The Morgan fingerprint density at radius 3 is 2.67 bits per heavy atom. The van der Waals surface area contributed by atoms with Gasteiger partial charge in [0.15, 0.2) is 0 Å². The van der Waals surface area contributed by atoms with Gasteiger partial charge in [-0.05, 0) is 24.4 Å². The minimum Gasteiger partial charge on any atom is -0.276 e. The number of halogens is 1. The number of hydrogen-bond donors (Lipinski definition) is 0. The van der Waals surface area contributed by atoms with Gasteiger partial charge in [-0.3, -0.25) is 4.79 Å². The molecule has 0 bridgehead atoms. The van der Waals surface area contributed by atoms with E-state index in [-0.39, 0.29) is 5.24 Å². The second-order valence-electron chi connectivity index (χ2n) is 1.91. The Hall–Kier alpha value is -0.560. The molecule has 0 radical (unpaired) electrons. The van der Waals surface area contributed by atoms with Crippen LogP contribution in [0.25, 0.3) is 0 Å². The largest absolute Gasteiger partial charge is 0.276 e. The zero-order valence-corrected chi connectivity index (χ0v) is 5.69. The molecular weight excluding hydrogens is 136 g/mol. The lowest BCUT2D eigenvalue weighted by molar-refractivity contribution is -0.108. The normalized spacial score (nSPS) is 17.2. The molecule has 0 N–H and O–H groups in total. The fourth-order valence-electron chi connectivity index (χ4n) is 0.759. The van der Waals surface area contributed by atoms with Gasteiger partial charge in [-0.15, -0.1) is 0 Å². The molecule has 0 aromatic rings. The lowest BCUT2D eigenvalue weighted by Gasteiger charge is -1.98. The van der Waals surface area contributed by atoms with Crippen LogP contribution >= 0.6 is 11.6 Å². The Morgan fingerprint density at radius 2 is 2.33 bits per heavy atom. The molecule has 0 amide bonds. The van der Waals surface area contributed by atoms with Crippen LogP contribution in [0.5, 0.6) is 0 Å². The highest BCUT2D eigenvalue weighted by Gasteiger charge is 2.02. The fraction of sp³-hybridized carbons (Fsp3) is 0.286. The summed E-state index contributed by atoms with van der Waals surface area (Å²) in [6.45, 7) is 0. The molecule has 0 aliphatic heterocycles. The maximum Gasteiger partial charge on any atom is 0.252 e. The Kier molecular flexibility index (Phi) is 2.06. The van der Waals surface area contributed by atoms with E-state index < -0.39 is 0 Å². The number of hydrogen-bond acceptors (Lipinski definition) is 1. The van der Waals surface area contributed by atoms with Crippen LogP contribution in [0, 0.1) is 0 Å². The molecule has 0 unspecified atom stereocenters. The summed E-state index contributed by atoms with van der Waals surface area (Å²) in [5.74, 6) is 0. The van der Waals surface area contributed by atoms with Crippen molar-refractivity contribution < 1.29 is 4.79 Å². The topological polar surface area (TPSA) is 17.1 Å². The summed E-state index contributed by atoms with van der Waals surface area (Å²) < 4.78 is 0. The summed E-state index contributed by atoms with van der Waals surface area (Å²) >= 11 is 5.20. The van der Waals surface area contributed by atoms with E-state index in [1.54, 1.807) is 6.08 Å². The van der Waals surface area contributed by atoms with E-state index in [4.69, 9.17) is 11.6 Å². The Balaban J connectivity index is 2.69. The van der Waals surface area contributed by atoms with E-state index in [1.165, 1.54) is 0 Å². The second-order valence-corrected chi connectivity index (χ2v) is 2.26. The molecule has 2 heteroatoms. The smallest absolute Gasteiger partial charge is 0.252 e. The first-order valence-corrected chi connectivity index (χ1v) is 3.25. The third-order valence-electron chi connectivity index (χ3n) is 1.22. The van der Waals surface area contributed by atoms with Gasteiger partial charge >= 0.3 is 0 Å². The van der Waals surface area contributed by atoms with Crippen LogP contribution in [-0.2, 0) is 4.79 Å². The SMILES string of the molecule is O=C(Cl)C1=CCCC=C1. The highest BCUT2D eigenvalue weighted by atomic mass is 35.5. The molecule has 0 atom stereocenters. The summed E-state index contributed by atoms with van der Waals surface area (Å²) in [4.78, 5) is 10.4. The average Bonchev–Trinajstić information content (AvgIpc) is 1.90. The summed E-state index contributed by atoms with van der Waals surface area (Å²) in [6.07, 6.45) is 7.53. The molecular formula is C7H7ClO. The van der Waals surface area contributed by atoms with Crippen molar-refractivity contribution in [2.45, 2.75) is 12.8 Å². The van der Waals surface area contributed by atoms with Crippen molar-refractivity contribution in [3.63, 3.8) is 0 Å². The van der Waals surface area contributed by atoms with Crippen LogP contribution in [0.3, 0.4) is 0 Å². The van der Waals surface area contributed by atoms with Gasteiger partial charge in [0, 0.05) is 5.57 Å². The summed E-state index contributed by atoms with van der Waals surface area (Å²) in [5, 5.41) is -0.356. The van der Waals surface area contributed by atoms with Crippen molar-refractivity contribution in [2.75, 3.05) is 0 Å². The first-order valence-electron chi connectivity index (χ1n) is 2.87. The van der Waals surface area contributed by atoms with Crippen molar-refractivity contribution in [2.24, 2.45) is 0 Å². The van der Waals surface area contributed by atoms with E-state index in [0.717, 1.165) is 12.8 Å². The van der Waals surface area contributed by atoms with Crippen LogP contribution in [-0.4, -0.2) is 5.24 Å². The Bertz CT molecular complexity index is 179. The zero-order valence-electron chi connectivity index (χ0n) is 4.93. The summed E-state index contributed by atoms with van der Waals surface area (Å²) in [5.41, 5.74) is 0.628. The molecule has 0 saturated carbocycles. The Morgan fingerprint density at radius 1 is 1.56 bits per heavy atom. The zero-order chi connectivity index (χ0) is 6.69. The van der Waals surface area contributed by atoms with Crippen LogP contribution in [0.15, 0.2) is 23.8 Å². The van der Waals surface area contributed by atoms with E-state index in [2.05, 4.69) is 0 Å². The highest BCUT2D eigenvalue weighted by molar-refractivity contribution is 6.68. The molecule has 0 saturated heterocycles. The third kappa shape index (κ3) is 1.68. The predicted molar refractivity (Wildman–Crippen MR) is 37.3 cm³/mol. The van der Waals surface area contributed by atoms with Gasteiger partial charge in [0.1, 0.15) is 0 Å². The van der Waals surface area contributed by atoms with Gasteiger partial charge in [-0.25, -0.2) is 0 Å². The quantitative estimate of drug-likeness (QED) is 0.512. The second kappa shape index (κ2) is 2.83. The molecule has 0 fully saturated rings. The van der Waals surface area contributed by atoms with Gasteiger partial charge < -0.3 is 0 Å². The van der Waals surface area contributed by atoms with Gasteiger partial charge in [0.25, 0.3) is 5.24 Å². The standard InChI is InChI=1S/C7H7ClO/c8-7(9)6-4-2-1-3-5-6/h2,4-5H,1,3H2. The first-order chi connectivity index (χ1) is 4.30. The molecule has 0 aromatic carbocycles. The third-order valence-corrected chi connectivity index (χ3v) is 1.44. The van der Waals surface area contributed by atoms with Gasteiger partial charge in [-0.2, -0.15) is 0 Å². The van der Waals surface area contributed by atoms with Crippen molar-refractivity contribution in [1.29, 1.82) is 0 Å². The molecule has 1 nitrogen and oxygen atoms in total. The minimum absolute atomic E-state index is 0.356. The fourth-order valence-corrected chi connectivity index (χ4v) is 0.899. The van der Waals surface area contributed by atoms with Gasteiger partial charge in [0.05, 0.1) is 0 Å². The van der Waals surface area contributed by atoms with Gasteiger partial charge in [0.2, 0.25) is 0 Å². The van der Waals surface area contributed by atoms with Crippen molar-refractivity contribution in [3.05, 3.63) is 23.8 Å². The van der Waals surface area contributed by atoms with Crippen LogP contribution in [0.2, 0.25) is 0 Å². The highest BCUT2D eigenvalue weighted by Crippen LogP contribution is 2.11. The molecule has 0 spiro atoms. The van der Waals surface area contributed by atoms with Crippen molar-refractivity contribution in [3.8, 4) is 0 Å². The lowest BCUT2D eigenvalue weighted by Crippen LogP contribution is -1.92. The number of allylic oxidation sites excluding steroid dienone is 4. The number of carbonyl (C=O) groups is 1. The minimum atomic E-state index is -0.356. The van der Waals surface area contributed by atoms with Crippen molar-refractivity contribution in [1.82, 2.24) is 0 Å². The summed E-state index contributed by atoms with van der Waals surface area (Å²) in [6, 6.07) is 0. The van der Waals surface area contributed by atoms with Crippen LogP contribution in [0.1, 0.15) is 12.8 Å². The molecule has 1 aliphatic carbocycles. The molecule has 0 heterocycles. The maximum atomic E-state index is 10.4. The van der Waals surface area contributed by atoms with E-state index >= 15 is 0 Å².